The van der Waals surface area contributed by atoms with Crippen molar-refractivity contribution in [3.63, 3.8) is 0 Å². The molecule has 0 bridgehead atoms. The highest BCUT2D eigenvalue weighted by Crippen LogP contribution is 2.14. The topological polar surface area (TPSA) is 62.5 Å². The molecule has 1 aromatic carbocycles. The van der Waals surface area contributed by atoms with Gasteiger partial charge in [-0.05, 0) is 30.4 Å². The van der Waals surface area contributed by atoms with Crippen molar-refractivity contribution in [2.75, 3.05) is 6.54 Å². The van der Waals surface area contributed by atoms with E-state index in [1.807, 2.05) is 6.07 Å². The Hall–Kier alpha value is -1.57. The lowest BCUT2D eigenvalue weighted by atomic mass is 10.1. The number of hydrogen-bond acceptors (Lipinski definition) is 3. The molecule has 0 spiro atoms. The highest BCUT2D eigenvalue weighted by Gasteiger charge is 2.08. The first-order valence-corrected chi connectivity index (χ1v) is 8.68. The largest absolute Gasteiger partial charge is 0.359 e. The Labute approximate surface area is 167 Å². The third-order valence-electron chi connectivity index (χ3n) is 3.85. The van der Waals surface area contributed by atoms with Crippen LogP contribution in [0.2, 0.25) is 0 Å². The molecule has 0 aliphatic rings. The van der Waals surface area contributed by atoms with Gasteiger partial charge in [0.2, 0.25) is 0 Å². The van der Waals surface area contributed by atoms with E-state index in [1.165, 1.54) is 11.1 Å². The number of hydrogen-bond donors (Lipinski definition) is 2. The minimum Gasteiger partial charge on any atom is -0.359 e. The highest BCUT2D eigenvalue weighted by atomic mass is 127. The van der Waals surface area contributed by atoms with E-state index < -0.39 is 0 Å². The lowest BCUT2D eigenvalue weighted by molar-refractivity contribution is 0.372. The monoisotopic (exact) mass is 456 g/mol. The molecule has 1 aromatic heterocycles. The van der Waals surface area contributed by atoms with Gasteiger partial charge in [-0.1, -0.05) is 50.2 Å². The van der Waals surface area contributed by atoms with E-state index in [1.54, 1.807) is 0 Å². The molecule has 5 nitrogen and oxygen atoms in total. The Balaban J connectivity index is 0.00000312. The molecule has 2 N–H and O–H groups in total. The van der Waals surface area contributed by atoms with Crippen molar-refractivity contribution >= 4 is 29.9 Å². The van der Waals surface area contributed by atoms with E-state index in [2.05, 4.69) is 72.7 Å². The van der Waals surface area contributed by atoms with Crippen LogP contribution >= 0.6 is 24.0 Å². The van der Waals surface area contributed by atoms with Crippen molar-refractivity contribution in [2.45, 2.75) is 53.1 Å². The summed E-state index contributed by atoms with van der Waals surface area (Å²) in [6.45, 7) is 10.5. The molecule has 0 fully saturated rings. The van der Waals surface area contributed by atoms with Gasteiger partial charge in [0, 0.05) is 12.6 Å². The molecule has 0 atom stereocenters. The zero-order valence-corrected chi connectivity index (χ0v) is 17.8. The van der Waals surface area contributed by atoms with Crippen molar-refractivity contribution in [1.29, 1.82) is 0 Å². The van der Waals surface area contributed by atoms with Gasteiger partial charge in [0.25, 0.3) is 0 Å². The number of nitrogens with zero attached hydrogens (tertiary/aromatic N) is 2. The fraction of sp³-hybridized carbons (Fsp3) is 0.474. The molecule has 2 aromatic rings. The second-order valence-electron chi connectivity index (χ2n) is 6.04. The average Bonchev–Trinajstić information content (AvgIpc) is 3.07. The minimum atomic E-state index is 0. The smallest absolute Gasteiger partial charge is 0.191 e. The van der Waals surface area contributed by atoms with Gasteiger partial charge in [-0.3, -0.25) is 0 Å². The van der Waals surface area contributed by atoms with Crippen molar-refractivity contribution in [2.24, 2.45) is 4.99 Å². The molecule has 0 saturated carbocycles. The van der Waals surface area contributed by atoms with Crippen LogP contribution in [-0.4, -0.2) is 17.7 Å². The van der Waals surface area contributed by atoms with Gasteiger partial charge in [-0.15, -0.1) is 24.0 Å². The van der Waals surface area contributed by atoms with Crippen molar-refractivity contribution in [1.82, 2.24) is 15.8 Å². The van der Waals surface area contributed by atoms with Crippen LogP contribution in [0.1, 0.15) is 56.2 Å². The molecule has 2 rings (SSSR count). The van der Waals surface area contributed by atoms with Crippen LogP contribution in [0.4, 0.5) is 0 Å². The molecular weight excluding hydrogens is 427 g/mol. The van der Waals surface area contributed by atoms with E-state index in [9.17, 15) is 0 Å². The minimum absolute atomic E-state index is 0. The molecule has 0 amide bonds. The van der Waals surface area contributed by atoms with Gasteiger partial charge < -0.3 is 15.2 Å². The molecule has 25 heavy (non-hydrogen) atoms. The number of aryl methyl sites for hydroxylation is 1. The van der Waals surface area contributed by atoms with Crippen molar-refractivity contribution in [3.05, 3.63) is 52.9 Å². The van der Waals surface area contributed by atoms with Gasteiger partial charge in [0.05, 0.1) is 18.8 Å². The number of aliphatic imine (C=N–C) groups is 1. The van der Waals surface area contributed by atoms with E-state index in [4.69, 9.17) is 4.52 Å². The predicted octanol–water partition coefficient (Wildman–Crippen LogP) is 4.23. The number of aromatic nitrogens is 1. The molecule has 138 valence electrons. The van der Waals surface area contributed by atoms with E-state index >= 15 is 0 Å². The standard InChI is InChI=1S/C19H28N4O.HI/c1-5-15-9-7-8-10-16(15)12-21-19(20-6-2)22-13-17-11-18(14(3)4)23-24-17;/h7-11,14H,5-6,12-13H2,1-4H3,(H2,20,21,22);1H. The molecule has 0 unspecified atom stereocenters. The molecule has 0 saturated heterocycles. The molecule has 0 aliphatic heterocycles. The van der Waals surface area contributed by atoms with E-state index in [-0.39, 0.29) is 24.0 Å². The highest BCUT2D eigenvalue weighted by molar-refractivity contribution is 14.0. The zero-order chi connectivity index (χ0) is 17.4. The van der Waals surface area contributed by atoms with Crippen LogP contribution in [-0.2, 0) is 19.5 Å². The Morgan fingerprint density at radius 1 is 1.16 bits per heavy atom. The van der Waals surface area contributed by atoms with Gasteiger partial charge in [0.15, 0.2) is 11.7 Å². The summed E-state index contributed by atoms with van der Waals surface area (Å²) in [4.78, 5) is 4.68. The van der Waals surface area contributed by atoms with Crippen LogP contribution in [0.3, 0.4) is 0 Å². The fourth-order valence-electron chi connectivity index (χ4n) is 2.42. The summed E-state index contributed by atoms with van der Waals surface area (Å²) in [6.07, 6.45) is 1.02. The van der Waals surface area contributed by atoms with Crippen LogP contribution in [0.25, 0.3) is 0 Å². The number of rotatable bonds is 7. The molecule has 6 heteroatoms. The van der Waals surface area contributed by atoms with Gasteiger partial charge in [-0.2, -0.15) is 0 Å². The Bertz CT molecular complexity index is 667. The number of nitrogens with one attached hydrogen (secondary N) is 2. The number of benzene rings is 1. The van der Waals surface area contributed by atoms with E-state index in [0.717, 1.165) is 30.4 Å². The fourth-order valence-corrected chi connectivity index (χ4v) is 2.42. The van der Waals surface area contributed by atoms with Gasteiger partial charge >= 0.3 is 0 Å². The molecular formula is C19H29IN4O. The van der Waals surface area contributed by atoms with Crippen molar-refractivity contribution in [3.8, 4) is 0 Å². The first-order valence-electron chi connectivity index (χ1n) is 8.68. The first kappa shape index (κ1) is 21.5. The quantitative estimate of drug-likeness (QED) is 0.372. The molecule has 0 aliphatic carbocycles. The summed E-state index contributed by atoms with van der Waals surface area (Å²) < 4.78 is 5.36. The molecule has 1 heterocycles. The van der Waals surface area contributed by atoms with Gasteiger partial charge in [-0.25, -0.2) is 4.99 Å². The Morgan fingerprint density at radius 2 is 1.88 bits per heavy atom. The normalized spacial score (nSPS) is 11.3. The van der Waals surface area contributed by atoms with Crippen LogP contribution in [0.5, 0.6) is 0 Å². The van der Waals surface area contributed by atoms with Gasteiger partial charge in [0.1, 0.15) is 0 Å². The SMILES string of the molecule is CCNC(=NCc1ccccc1CC)NCc1cc(C(C)C)no1.I. The summed E-state index contributed by atoms with van der Waals surface area (Å²) in [5.41, 5.74) is 3.58. The van der Waals surface area contributed by atoms with Crippen molar-refractivity contribution < 1.29 is 4.52 Å². The van der Waals surface area contributed by atoms with Crippen LogP contribution in [0.15, 0.2) is 39.8 Å². The third kappa shape index (κ3) is 6.68. The van der Waals surface area contributed by atoms with Crippen LogP contribution in [0, 0.1) is 0 Å². The summed E-state index contributed by atoms with van der Waals surface area (Å²) in [5, 5.41) is 10.6. The second-order valence-corrected chi connectivity index (χ2v) is 6.04. The first-order chi connectivity index (χ1) is 11.6. The van der Waals surface area contributed by atoms with Crippen LogP contribution < -0.4 is 10.6 Å². The number of guanidine groups is 1. The summed E-state index contributed by atoms with van der Waals surface area (Å²) in [6, 6.07) is 10.4. The Morgan fingerprint density at radius 3 is 2.48 bits per heavy atom. The summed E-state index contributed by atoms with van der Waals surface area (Å²) >= 11 is 0. The average molecular weight is 456 g/mol. The second kappa shape index (κ2) is 11.1. The lowest BCUT2D eigenvalue weighted by Gasteiger charge is -2.11. The maximum absolute atomic E-state index is 5.36. The maximum atomic E-state index is 5.36. The maximum Gasteiger partial charge on any atom is 0.191 e. The lowest BCUT2D eigenvalue weighted by Crippen LogP contribution is -2.36. The molecule has 0 radical (unpaired) electrons. The number of halogens is 1. The zero-order valence-electron chi connectivity index (χ0n) is 15.5. The van der Waals surface area contributed by atoms with E-state index in [0.29, 0.717) is 19.0 Å². The third-order valence-corrected chi connectivity index (χ3v) is 3.85. The summed E-state index contributed by atoms with van der Waals surface area (Å²) in [5.74, 6) is 1.97. The Kier molecular flexibility index (Phi) is 9.55. The summed E-state index contributed by atoms with van der Waals surface area (Å²) in [7, 11) is 0. The predicted molar refractivity (Wildman–Crippen MR) is 113 cm³/mol.